The minimum Gasteiger partial charge on any atom is -0.468 e. The molecule has 0 amide bonds. The molecule has 0 bridgehead atoms. The molecule has 2 heteroatoms. The molecule has 0 aromatic rings. The maximum absolute atomic E-state index is 9.88. The molecule has 2 nitrogen and oxygen atoms in total. The molecule has 0 unspecified atom stereocenters. The second-order valence-electron chi connectivity index (χ2n) is 4.67. The van der Waals surface area contributed by atoms with Crippen molar-refractivity contribution in [2.45, 2.75) is 64.2 Å². The predicted octanol–water partition coefficient (Wildman–Crippen LogP) is 3.69. The van der Waals surface area contributed by atoms with Crippen LogP contribution in [0.2, 0.25) is 0 Å². The van der Waals surface area contributed by atoms with Crippen molar-refractivity contribution in [2.75, 3.05) is 6.61 Å². The maximum Gasteiger partial charge on any atom is 0.293 e. The first-order valence-corrected chi connectivity index (χ1v) is 6.48. The van der Waals surface area contributed by atoms with Gasteiger partial charge in [0.05, 0.1) is 6.61 Å². The van der Waals surface area contributed by atoms with Gasteiger partial charge in [0.15, 0.2) is 0 Å². The third kappa shape index (κ3) is 6.53. The molecule has 1 rings (SSSR count). The Balaban J connectivity index is 1.81. The molecule has 88 valence electrons. The van der Waals surface area contributed by atoms with E-state index in [4.69, 9.17) is 0 Å². The van der Waals surface area contributed by atoms with Gasteiger partial charge in [-0.2, -0.15) is 0 Å². The Bertz CT molecular complexity index is 151. The molecule has 1 aliphatic rings. The summed E-state index contributed by atoms with van der Waals surface area (Å²) in [6.45, 7) is 1.15. The number of unbranched alkanes of at least 4 members (excludes halogenated alkanes) is 3. The zero-order valence-electron chi connectivity index (χ0n) is 9.75. The number of carbonyl (C=O) groups is 1. The van der Waals surface area contributed by atoms with E-state index in [0.717, 1.165) is 12.3 Å². The molecule has 0 spiro atoms. The monoisotopic (exact) mass is 212 g/mol. The number of ether oxygens (including phenoxy) is 1. The first-order valence-electron chi connectivity index (χ1n) is 6.48. The molecule has 15 heavy (non-hydrogen) atoms. The highest BCUT2D eigenvalue weighted by molar-refractivity contribution is 5.36. The Morgan fingerprint density at radius 2 is 1.73 bits per heavy atom. The van der Waals surface area contributed by atoms with Crippen molar-refractivity contribution < 1.29 is 9.53 Å². The SMILES string of the molecule is O=COCCCCCCC1CCCCC1. The van der Waals surface area contributed by atoms with E-state index < -0.39 is 0 Å². The van der Waals surface area contributed by atoms with Gasteiger partial charge in [-0.3, -0.25) is 4.79 Å². The number of hydrogen-bond acceptors (Lipinski definition) is 2. The molecule has 1 saturated carbocycles. The highest BCUT2D eigenvalue weighted by atomic mass is 16.5. The quantitative estimate of drug-likeness (QED) is 0.453. The van der Waals surface area contributed by atoms with Gasteiger partial charge >= 0.3 is 0 Å². The Hall–Kier alpha value is -0.530. The first kappa shape index (κ1) is 12.5. The van der Waals surface area contributed by atoms with Crippen LogP contribution in [0, 0.1) is 5.92 Å². The summed E-state index contributed by atoms with van der Waals surface area (Å²) in [5.41, 5.74) is 0. The van der Waals surface area contributed by atoms with Gasteiger partial charge in [-0.05, 0) is 12.3 Å². The average Bonchev–Trinajstić information content (AvgIpc) is 2.29. The fraction of sp³-hybridized carbons (Fsp3) is 0.923. The van der Waals surface area contributed by atoms with Crippen LogP contribution in [-0.4, -0.2) is 13.1 Å². The average molecular weight is 212 g/mol. The van der Waals surface area contributed by atoms with Crippen LogP contribution in [-0.2, 0) is 9.53 Å². The maximum atomic E-state index is 9.88. The van der Waals surface area contributed by atoms with Gasteiger partial charge in [0, 0.05) is 0 Å². The van der Waals surface area contributed by atoms with Crippen molar-refractivity contribution in [3.05, 3.63) is 0 Å². The Kier molecular flexibility index (Phi) is 7.32. The molecule has 0 N–H and O–H groups in total. The van der Waals surface area contributed by atoms with Crippen molar-refractivity contribution in [1.82, 2.24) is 0 Å². The number of carbonyl (C=O) groups excluding carboxylic acids is 1. The lowest BCUT2D eigenvalue weighted by atomic mass is 9.85. The van der Waals surface area contributed by atoms with E-state index in [1.165, 1.54) is 57.8 Å². The van der Waals surface area contributed by atoms with Crippen LogP contribution >= 0.6 is 0 Å². The van der Waals surface area contributed by atoms with E-state index in [1.807, 2.05) is 0 Å². The zero-order chi connectivity index (χ0) is 10.8. The summed E-state index contributed by atoms with van der Waals surface area (Å²) in [4.78, 5) is 9.88. The lowest BCUT2D eigenvalue weighted by Crippen LogP contribution is -2.05. The van der Waals surface area contributed by atoms with Gasteiger partial charge < -0.3 is 4.74 Å². The van der Waals surface area contributed by atoms with Gasteiger partial charge in [-0.15, -0.1) is 0 Å². The summed E-state index contributed by atoms with van der Waals surface area (Å²) in [7, 11) is 0. The molecule has 0 saturated heterocycles. The molecule has 0 aromatic carbocycles. The van der Waals surface area contributed by atoms with Crippen molar-refractivity contribution in [2.24, 2.45) is 5.92 Å². The van der Waals surface area contributed by atoms with Crippen LogP contribution in [0.25, 0.3) is 0 Å². The van der Waals surface area contributed by atoms with Crippen LogP contribution in [0.1, 0.15) is 64.2 Å². The molecule has 1 aliphatic carbocycles. The molecule has 0 atom stereocenters. The molecule has 0 aromatic heterocycles. The van der Waals surface area contributed by atoms with Crippen LogP contribution in [0.3, 0.4) is 0 Å². The van der Waals surface area contributed by atoms with Gasteiger partial charge in [0.2, 0.25) is 0 Å². The predicted molar refractivity (Wildman–Crippen MR) is 61.7 cm³/mol. The van der Waals surface area contributed by atoms with E-state index >= 15 is 0 Å². The van der Waals surface area contributed by atoms with Crippen molar-refractivity contribution in [1.29, 1.82) is 0 Å². The number of hydrogen-bond donors (Lipinski definition) is 0. The number of rotatable bonds is 8. The van der Waals surface area contributed by atoms with Crippen molar-refractivity contribution in [3.8, 4) is 0 Å². The van der Waals surface area contributed by atoms with Crippen LogP contribution in [0.5, 0.6) is 0 Å². The summed E-state index contributed by atoms with van der Waals surface area (Å²) in [5, 5.41) is 0. The van der Waals surface area contributed by atoms with Crippen LogP contribution < -0.4 is 0 Å². The fourth-order valence-electron chi connectivity index (χ4n) is 2.50. The summed E-state index contributed by atoms with van der Waals surface area (Å²) in [5.74, 6) is 1.02. The molecular weight excluding hydrogens is 188 g/mol. The summed E-state index contributed by atoms with van der Waals surface area (Å²) < 4.78 is 4.65. The van der Waals surface area contributed by atoms with E-state index in [0.29, 0.717) is 13.1 Å². The smallest absolute Gasteiger partial charge is 0.293 e. The highest BCUT2D eigenvalue weighted by Gasteiger charge is 2.12. The van der Waals surface area contributed by atoms with Crippen LogP contribution in [0.15, 0.2) is 0 Å². The highest BCUT2D eigenvalue weighted by Crippen LogP contribution is 2.27. The van der Waals surface area contributed by atoms with Gasteiger partial charge in [0.1, 0.15) is 0 Å². The second-order valence-corrected chi connectivity index (χ2v) is 4.67. The Morgan fingerprint density at radius 3 is 2.47 bits per heavy atom. The van der Waals surface area contributed by atoms with Gasteiger partial charge in [-0.1, -0.05) is 57.8 Å². The minimum atomic E-state index is 0.544. The molecule has 0 aliphatic heterocycles. The third-order valence-corrected chi connectivity index (χ3v) is 3.42. The molecule has 0 radical (unpaired) electrons. The van der Waals surface area contributed by atoms with E-state index in [-0.39, 0.29) is 0 Å². The standard InChI is InChI=1S/C13H24O2/c14-12-15-11-7-2-1-4-8-13-9-5-3-6-10-13/h12-13H,1-11H2. The largest absolute Gasteiger partial charge is 0.468 e. The second kappa shape index (κ2) is 8.75. The van der Waals surface area contributed by atoms with E-state index in [9.17, 15) is 4.79 Å². The fourth-order valence-corrected chi connectivity index (χ4v) is 2.50. The molecular formula is C13H24O2. The normalized spacial score (nSPS) is 17.6. The van der Waals surface area contributed by atoms with Crippen molar-refractivity contribution in [3.63, 3.8) is 0 Å². The summed E-state index contributed by atoms with van der Waals surface area (Å²) in [6, 6.07) is 0. The lowest BCUT2D eigenvalue weighted by molar-refractivity contribution is -0.128. The third-order valence-electron chi connectivity index (χ3n) is 3.42. The zero-order valence-corrected chi connectivity index (χ0v) is 9.75. The summed E-state index contributed by atoms with van der Waals surface area (Å²) in [6.07, 6.45) is 13.6. The minimum absolute atomic E-state index is 0.544. The molecule has 1 fully saturated rings. The Labute approximate surface area is 93.4 Å². The van der Waals surface area contributed by atoms with E-state index in [2.05, 4.69) is 4.74 Å². The van der Waals surface area contributed by atoms with Crippen molar-refractivity contribution >= 4 is 6.47 Å². The first-order chi connectivity index (χ1) is 7.43. The Morgan fingerprint density at radius 1 is 1.00 bits per heavy atom. The molecule has 0 heterocycles. The van der Waals surface area contributed by atoms with Gasteiger partial charge in [-0.25, -0.2) is 0 Å². The topological polar surface area (TPSA) is 26.3 Å². The summed E-state index contributed by atoms with van der Waals surface area (Å²) >= 11 is 0. The van der Waals surface area contributed by atoms with Crippen LogP contribution in [0.4, 0.5) is 0 Å². The lowest BCUT2D eigenvalue weighted by Gasteiger charge is -2.21. The van der Waals surface area contributed by atoms with E-state index in [1.54, 1.807) is 0 Å². The van der Waals surface area contributed by atoms with Gasteiger partial charge in [0.25, 0.3) is 6.47 Å².